The molecule has 0 radical (unpaired) electrons. The first-order valence-electron chi connectivity index (χ1n) is 2.71. The smallest absolute Gasteiger partial charge is 0.304 e. The number of hydrogen-bond acceptors (Lipinski definition) is 4. The highest BCUT2D eigenvalue weighted by Crippen LogP contribution is 2.04. The minimum Gasteiger partial charge on any atom is -0.388 e. The highest BCUT2D eigenvalue weighted by atomic mass is 16.8. The number of ether oxygens (including phenoxy) is 2. The lowest BCUT2D eigenvalue weighted by atomic mass is 10.6. The lowest BCUT2D eigenvalue weighted by molar-refractivity contribution is -0.361. The van der Waals surface area contributed by atoms with Gasteiger partial charge in [0.05, 0.1) is 0 Å². The van der Waals surface area contributed by atoms with Crippen LogP contribution in [0.1, 0.15) is 6.92 Å². The molecule has 0 saturated carbocycles. The topological polar surface area (TPSA) is 58.9 Å². The second-order valence-corrected chi connectivity index (χ2v) is 1.51. The maximum absolute atomic E-state index is 8.93. The van der Waals surface area contributed by atoms with Crippen LogP contribution in [0.3, 0.4) is 0 Å². The molecule has 0 aromatic heterocycles. The quantitative estimate of drug-likeness (QED) is 0.502. The van der Waals surface area contributed by atoms with Crippen molar-refractivity contribution in [1.29, 1.82) is 0 Å². The van der Waals surface area contributed by atoms with Gasteiger partial charge in [-0.05, 0) is 6.92 Å². The molecule has 0 aliphatic rings. The summed E-state index contributed by atoms with van der Waals surface area (Å²) in [6, 6.07) is 0. The zero-order chi connectivity index (χ0) is 7.33. The highest BCUT2D eigenvalue weighted by molar-refractivity contribution is 4.46. The fourth-order valence-corrected chi connectivity index (χ4v) is 0.395. The van der Waals surface area contributed by atoms with Crippen molar-refractivity contribution < 1.29 is 19.7 Å². The van der Waals surface area contributed by atoms with Crippen molar-refractivity contribution >= 4 is 0 Å². The van der Waals surface area contributed by atoms with Gasteiger partial charge in [0, 0.05) is 13.7 Å². The Kier molecular flexibility index (Phi) is 3.72. The van der Waals surface area contributed by atoms with Gasteiger partial charge in [0.2, 0.25) is 0 Å². The Morgan fingerprint density at radius 2 is 2.11 bits per heavy atom. The van der Waals surface area contributed by atoms with Gasteiger partial charge in [-0.25, -0.2) is 0 Å². The molecule has 1 unspecified atom stereocenters. The summed E-state index contributed by atoms with van der Waals surface area (Å²) in [7, 11) is 1.26. The lowest BCUT2D eigenvalue weighted by Gasteiger charge is -2.22. The van der Waals surface area contributed by atoms with Gasteiger partial charge in [0.15, 0.2) is 0 Å². The third-order valence-electron chi connectivity index (χ3n) is 0.889. The van der Waals surface area contributed by atoms with E-state index in [1.165, 1.54) is 7.11 Å². The monoisotopic (exact) mass is 136 g/mol. The van der Waals surface area contributed by atoms with Crippen LogP contribution in [0.5, 0.6) is 0 Å². The molecule has 0 spiro atoms. The van der Waals surface area contributed by atoms with Crippen molar-refractivity contribution in [3.63, 3.8) is 0 Å². The van der Waals surface area contributed by atoms with Crippen molar-refractivity contribution in [2.45, 2.75) is 12.9 Å². The predicted octanol–water partition coefficient (Wildman–Crippen LogP) is -0.692. The number of methoxy groups -OCH3 is 1. The van der Waals surface area contributed by atoms with Crippen LogP contribution in [0.25, 0.3) is 0 Å². The molecule has 0 aromatic rings. The van der Waals surface area contributed by atoms with Crippen LogP contribution >= 0.6 is 0 Å². The summed E-state index contributed by atoms with van der Waals surface area (Å²) in [6.45, 7) is 1.43. The van der Waals surface area contributed by atoms with E-state index in [2.05, 4.69) is 9.47 Å². The van der Waals surface area contributed by atoms with Crippen LogP contribution in [-0.2, 0) is 9.47 Å². The van der Waals surface area contributed by atoms with E-state index in [0.717, 1.165) is 0 Å². The third-order valence-corrected chi connectivity index (χ3v) is 0.889. The summed E-state index contributed by atoms with van der Waals surface area (Å²) in [5, 5.41) is 17.4. The van der Waals surface area contributed by atoms with Gasteiger partial charge in [-0.1, -0.05) is 0 Å². The molecule has 56 valence electrons. The Morgan fingerprint density at radius 1 is 1.56 bits per heavy atom. The van der Waals surface area contributed by atoms with E-state index in [0.29, 0.717) is 6.61 Å². The second kappa shape index (κ2) is 3.79. The Labute approximate surface area is 54.0 Å². The molecule has 0 heterocycles. The number of hydrogen-bond donors (Lipinski definition) is 2. The normalized spacial score (nSPS) is 17.3. The Morgan fingerprint density at radius 3 is 2.22 bits per heavy atom. The molecular formula is C5H12O4. The molecule has 2 N–H and O–H groups in total. The summed E-state index contributed by atoms with van der Waals surface area (Å²) in [5.74, 6) is -1.81. The number of aliphatic hydroxyl groups excluding tert-OH is 1. The van der Waals surface area contributed by atoms with Gasteiger partial charge >= 0.3 is 5.97 Å². The largest absolute Gasteiger partial charge is 0.388 e. The summed E-state index contributed by atoms with van der Waals surface area (Å²) in [5.41, 5.74) is 0. The molecular weight excluding hydrogens is 124 g/mol. The fraction of sp³-hybridized carbons (Fsp3) is 1.00. The average molecular weight is 136 g/mol. The lowest BCUT2D eigenvalue weighted by Crippen LogP contribution is -2.38. The van der Waals surface area contributed by atoms with Gasteiger partial charge in [0.25, 0.3) is 0 Å². The molecule has 9 heavy (non-hydrogen) atoms. The summed E-state index contributed by atoms with van der Waals surface area (Å²) < 4.78 is 9.02. The maximum atomic E-state index is 8.93. The molecule has 0 fully saturated rings. The molecule has 0 aliphatic heterocycles. The van der Waals surface area contributed by atoms with Crippen LogP contribution in [-0.4, -0.2) is 36.5 Å². The van der Waals surface area contributed by atoms with Crippen molar-refractivity contribution in [2.24, 2.45) is 0 Å². The SMILES string of the molecule is CCOC(O)(CO)OC. The molecule has 0 amide bonds. The minimum absolute atomic E-state index is 0.297. The zero-order valence-electron chi connectivity index (χ0n) is 5.63. The van der Waals surface area contributed by atoms with E-state index >= 15 is 0 Å². The predicted molar refractivity (Wildman–Crippen MR) is 30.7 cm³/mol. The molecule has 0 bridgehead atoms. The second-order valence-electron chi connectivity index (χ2n) is 1.51. The van der Waals surface area contributed by atoms with Gasteiger partial charge in [0.1, 0.15) is 6.61 Å². The standard InChI is InChI=1S/C5H12O4/c1-3-9-5(7,4-6)8-2/h6-7H,3-4H2,1-2H3. The van der Waals surface area contributed by atoms with Crippen molar-refractivity contribution in [3.05, 3.63) is 0 Å². The first-order chi connectivity index (χ1) is 4.18. The third kappa shape index (κ3) is 2.76. The molecule has 4 heteroatoms. The van der Waals surface area contributed by atoms with E-state index in [1.807, 2.05) is 0 Å². The first-order valence-corrected chi connectivity index (χ1v) is 2.71. The van der Waals surface area contributed by atoms with E-state index in [1.54, 1.807) is 6.92 Å². The number of rotatable bonds is 4. The molecule has 1 atom stereocenters. The summed E-state index contributed by atoms with van der Waals surface area (Å²) in [4.78, 5) is 0. The van der Waals surface area contributed by atoms with Gasteiger partial charge < -0.3 is 19.7 Å². The first kappa shape index (κ1) is 8.84. The molecule has 0 rings (SSSR count). The van der Waals surface area contributed by atoms with Crippen LogP contribution in [0.2, 0.25) is 0 Å². The highest BCUT2D eigenvalue weighted by Gasteiger charge is 2.24. The Bertz CT molecular complexity index is 69.4. The summed E-state index contributed by atoms with van der Waals surface area (Å²) in [6.07, 6.45) is 0. The van der Waals surface area contributed by atoms with E-state index < -0.39 is 12.6 Å². The van der Waals surface area contributed by atoms with Crippen LogP contribution in [0.15, 0.2) is 0 Å². The van der Waals surface area contributed by atoms with Gasteiger partial charge in [-0.2, -0.15) is 0 Å². The minimum atomic E-state index is -1.81. The summed E-state index contributed by atoms with van der Waals surface area (Å²) >= 11 is 0. The zero-order valence-corrected chi connectivity index (χ0v) is 5.63. The van der Waals surface area contributed by atoms with Crippen molar-refractivity contribution in [2.75, 3.05) is 20.3 Å². The number of aliphatic hydroxyl groups is 2. The fourth-order valence-electron chi connectivity index (χ4n) is 0.395. The van der Waals surface area contributed by atoms with Crippen LogP contribution < -0.4 is 0 Å². The van der Waals surface area contributed by atoms with E-state index in [9.17, 15) is 0 Å². The van der Waals surface area contributed by atoms with Crippen molar-refractivity contribution in [1.82, 2.24) is 0 Å². The van der Waals surface area contributed by atoms with Crippen molar-refractivity contribution in [3.8, 4) is 0 Å². The van der Waals surface area contributed by atoms with E-state index in [-0.39, 0.29) is 0 Å². The molecule has 0 aliphatic carbocycles. The van der Waals surface area contributed by atoms with Gasteiger partial charge in [-0.15, -0.1) is 0 Å². The molecule has 0 saturated heterocycles. The van der Waals surface area contributed by atoms with Crippen LogP contribution in [0.4, 0.5) is 0 Å². The van der Waals surface area contributed by atoms with E-state index in [4.69, 9.17) is 10.2 Å². The van der Waals surface area contributed by atoms with Gasteiger partial charge in [-0.3, -0.25) is 0 Å². The Hall–Kier alpha value is -0.160. The molecule has 0 aromatic carbocycles. The Balaban J connectivity index is 3.62. The molecule has 4 nitrogen and oxygen atoms in total. The maximum Gasteiger partial charge on any atom is 0.304 e. The van der Waals surface area contributed by atoms with Crippen LogP contribution in [0, 0.1) is 0 Å². The average Bonchev–Trinajstić information content (AvgIpc) is 1.89.